The second-order valence-corrected chi connectivity index (χ2v) is 6.90. The number of Topliss-reactive ketones (excluding diaryl/α,β-unsaturated/α-hetero) is 1. The maximum absolute atomic E-state index is 12.1. The molecule has 140 valence electrons. The number of ether oxygens (including phenoxy) is 3. The minimum Gasteiger partial charge on any atom is -0.484 e. The van der Waals surface area contributed by atoms with E-state index in [-0.39, 0.29) is 18.3 Å². The Hall–Kier alpha value is -3.02. The van der Waals surface area contributed by atoms with Crippen molar-refractivity contribution in [3.63, 3.8) is 0 Å². The molecule has 1 aliphatic carbocycles. The standard InChI is InChI=1S/C21H21NO5/c1-14(23)15-4-7-17(8-5-15)25-13-20(24)22-16-6-9-18-19(12-16)27-21(26-18)10-2-3-11-21/h4-9,12H,2-3,10-11,13H2,1H3,(H,22,24). The zero-order valence-electron chi connectivity index (χ0n) is 15.1. The van der Waals surface area contributed by atoms with Crippen molar-refractivity contribution in [2.24, 2.45) is 0 Å². The molecule has 27 heavy (non-hydrogen) atoms. The van der Waals surface area contributed by atoms with Crippen molar-refractivity contribution in [1.29, 1.82) is 0 Å². The Balaban J connectivity index is 1.33. The van der Waals surface area contributed by atoms with E-state index in [1.54, 1.807) is 36.4 Å². The van der Waals surface area contributed by atoms with Crippen molar-refractivity contribution in [3.8, 4) is 17.2 Å². The Labute approximate surface area is 157 Å². The van der Waals surface area contributed by atoms with Crippen LogP contribution in [0.25, 0.3) is 0 Å². The number of hydrogen-bond acceptors (Lipinski definition) is 5. The monoisotopic (exact) mass is 367 g/mol. The van der Waals surface area contributed by atoms with Gasteiger partial charge in [-0.25, -0.2) is 0 Å². The zero-order valence-corrected chi connectivity index (χ0v) is 15.1. The molecule has 4 rings (SSSR count). The largest absolute Gasteiger partial charge is 0.484 e. The first-order valence-electron chi connectivity index (χ1n) is 9.09. The molecule has 2 aromatic carbocycles. The molecule has 1 amide bonds. The van der Waals surface area contributed by atoms with Gasteiger partial charge in [0.05, 0.1) is 0 Å². The Morgan fingerprint density at radius 2 is 1.74 bits per heavy atom. The van der Waals surface area contributed by atoms with Crippen LogP contribution >= 0.6 is 0 Å². The Kier molecular flexibility index (Phi) is 4.48. The lowest BCUT2D eigenvalue weighted by atomic mass is 10.1. The van der Waals surface area contributed by atoms with Crippen LogP contribution in [-0.4, -0.2) is 24.1 Å². The van der Waals surface area contributed by atoms with E-state index in [1.165, 1.54) is 6.92 Å². The maximum Gasteiger partial charge on any atom is 0.262 e. The number of carbonyl (C=O) groups is 2. The van der Waals surface area contributed by atoms with Gasteiger partial charge in [0.15, 0.2) is 23.9 Å². The number of fused-ring (bicyclic) bond motifs is 1. The summed E-state index contributed by atoms with van der Waals surface area (Å²) in [7, 11) is 0. The summed E-state index contributed by atoms with van der Waals surface area (Å²) < 4.78 is 17.4. The summed E-state index contributed by atoms with van der Waals surface area (Å²) in [5.74, 6) is 1.11. The van der Waals surface area contributed by atoms with Crippen LogP contribution in [0.2, 0.25) is 0 Å². The molecule has 0 bridgehead atoms. The first-order valence-corrected chi connectivity index (χ1v) is 9.09. The van der Waals surface area contributed by atoms with Crippen LogP contribution in [0.1, 0.15) is 43.0 Å². The molecule has 6 heteroatoms. The molecule has 0 radical (unpaired) electrons. The van der Waals surface area contributed by atoms with Crippen molar-refractivity contribution < 1.29 is 23.8 Å². The minimum atomic E-state index is -0.514. The smallest absolute Gasteiger partial charge is 0.262 e. The zero-order chi connectivity index (χ0) is 18.9. The van der Waals surface area contributed by atoms with Crippen molar-refractivity contribution in [2.45, 2.75) is 38.4 Å². The Morgan fingerprint density at radius 1 is 1.04 bits per heavy atom. The maximum atomic E-state index is 12.1. The topological polar surface area (TPSA) is 73.9 Å². The van der Waals surface area contributed by atoms with Crippen LogP contribution < -0.4 is 19.5 Å². The van der Waals surface area contributed by atoms with Gasteiger partial charge in [-0.15, -0.1) is 0 Å². The molecule has 1 spiro atoms. The summed E-state index contributed by atoms with van der Waals surface area (Å²) in [5, 5.41) is 2.80. The molecule has 1 saturated carbocycles. The molecule has 1 heterocycles. The second-order valence-electron chi connectivity index (χ2n) is 6.90. The van der Waals surface area contributed by atoms with Crippen molar-refractivity contribution in [1.82, 2.24) is 0 Å². The molecule has 1 aliphatic heterocycles. The highest BCUT2D eigenvalue weighted by Gasteiger charge is 2.44. The van der Waals surface area contributed by atoms with E-state index in [4.69, 9.17) is 14.2 Å². The van der Waals surface area contributed by atoms with Gasteiger partial charge < -0.3 is 19.5 Å². The van der Waals surface area contributed by atoms with E-state index in [9.17, 15) is 9.59 Å². The quantitative estimate of drug-likeness (QED) is 0.810. The fourth-order valence-electron chi connectivity index (χ4n) is 3.42. The number of hydrogen-bond donors (Lipinski definition) is 1. The average Bonchev–Trinajstić information content (AvgIpc) is 3.26. The van der Waals surface area contributed by atoms with Crippen LogP contribution in [0, 0.1) is 0 Å². The van der Waals surface area contributed by atoms with E-state index in [1.807, 2.05) is 6.07 Å². The molecule has 0 unspecified atom stereocenters. The molecule has 0 aromatic heterocycles. The molecular weight excluding hydrogens is 346 g/mol. The number of benzene rings is 2. The summed E-state index contributed by atoms with van der Waals surface area (Å²) in [6, 6.07) is 12.1. The predicted octanol–water partition coefficient (Wildman–Crippen LogP) is 3.95. The lowest BCUT2D eigenvalue weighted by molar-refractivity contribution is -0.118. The van der Waals surface area contributed by atoms with Gasteiger partial charge in [-0.2, -0.15) is 0 Å². The number of ketones is 1. The molecule has 6 nitrogen and oxygen atoms in total. The highest BCUT2D eigenvalue weighted by molar-refractivity contribution is 5.94. The summed E-state index contributed by atoms with van der Waals surface area (Å²) in [6.45, 7) is 1.38. The minimum absolute atomic E-state index is 0.0125. The summed E-state index contributed by atoms with van der Waals surface area (Å²) >= 11 is 0. The van der Waals surface area contributed by atoms with Gasteiger partial charge in [-0.05, 0) is 56.2 Å². The number of rotatable bonds is 5. The van der Waals surface area contributed by atoms with Crippen molar-refractivity contribution in [3.05, 3.63) is 48.0 Å². The number of anilines is 1. The van der Waals surface area contributed by atoms with Crippen molar-refractivity contribution >= 4 is 17.4 Å². The average molecular weight is 367 g/mol. The van der Waals surface area contributed by atoms with Crippen LogP contribution in [0.4, 0.5) is 5.69 Å². The first kappa shape index (κ1) is 17.4. The fourth-order valence-corrected chi connectivity index (χ4v) is 3.42. The lowest BCUT2D eigenvalue weighted by Gasteiger charge is -2.21. The lowest BCUT2D eigenvalue weighted by Crippen LogP contribution is -2.34. The first-order chi connectivity index (χ1) is 13.0. The summed E-state index contributed by atoms with van der Waals surface area (Å²) in [4.78, 5) is 23.4. The third-order valence-electron chi connectivity index (χ3n) is 4.82. The Morgan fingerprint density at radius 3 is 2.44 bits per heavy atom. The van der Waals surface area contributed by atoms with Gasteiger partial charge in [0, 0.05) is 30.2 Å². The summed E-state index contributed by atoms with van der Waals surface area (Å²) in [5.41, 5.74) is 1.24. The highest BCUT2D eigenvalue weighted by atomic mass is 16.7. The highest BCUT2D eigenvalue weighted by Crippen LogP contribution is 2.47. The fraction of sp³-hybridized carbons (Fsp3) is 0.333. The van der Waals surface area contributed by atoms with Gasteiger partial charge in [-0.1, -0.05) is 0 Å². The van der Waals surface area contributed by atoms with Crippen LogP contribution in [0.5, 0.6) is 17.2 Å². The van der Waals surface area contributed by atoms with Gasteiger partial charge in [0.1, 0.15) is 5.75 Å². The van der Waals surface area contributed by atoms with E-state index in [2.05, 4.69) is 5.32 Å². The van der Waals surface area contributed by atoms with E-state index >= 15 is 0 Å². The van der Waals surface area contributed by atoms with Gasteiger partial charge in [0.25, 0.3) is 11.7 Å². The van der Waals surface area contributed by atoms with Gasteiger partial charge in [-0.3, -0.25) is 9.59 Å². The van der Waals surface area contributed by atoms with Crippen LogP contribution in [-0.2, 0) is 4.79 Å². The molecule has 1 fully saturated rings. The van der Waals surface area contributed by atoms with E-state index in [0.717, 1.165) is 31.4 Å². The molecule has 0 saturated heterocycles. The predicted molar refractivity (Wildman–Crippen MR) is 99.5 cm³/mol. The number of carbonyl (C=O) groups excluding carboxylic acids is 2. The number of nitrogens with one attached hydrogen (secondary N) is 1. The van der Waals surface area contributed by atoms with Gasteiger partial charge >= 0.3 is 0 Å². The molecule has 2 aliphatic rings. The van der Waals surface area contributed by atoms with Crippen molar-refractivity contribution in [2.75, 3.05) is 11.9 Å². The van der Waals surface area contributed by atoms with Gasteiger partial charge in [0.2, 0.25) is 0 Å². The molecular formula is C21H21NO5. The molecule has 1 N–H and O–H groups in total. The second kappa shape index (κ2) is 6.95. The SMILES string of the molecule is CC(=O)c1ccc(OCC(=O)Nc2ccc3c(c2)OC2(CCCC2)O3)cc1. The molecule has 2 aromatic rings. The van der Waals surface area contributed by atoms with E-state index in [0.29, 0.717) is 22.7 Å². The van der Waals surface area contributed by atoms with E-state index < -0.39 is 5.79 Å². The third-order valence-corrected chi connectivity index (χ3v) is 4.82. The summed E-state index contributed by atoms with van der Waals surface area (Å²) in [6.07, 6.45) is 3.98. The number of amides is 1. The normalized spacial score (nSPS) is 16.3. The molecule has 0 atom stereocenters. The Bertz CT molecular complexity index is 869. The van der Waals surface area contributed by atoms with Crippen LogP contribution in [0.3, 0.4) is 0 Å². The third kappa shape index (κ3) is 3.74. The van der Waals surface area contributed by atoms with Crippen LogP contribution in [0.15, 0.2) is 42.5 Å².